The normalized spacial score (nSPS) is 16.1. The van der Waals surface area contributed by atoms with E-state index in [1.807, 2.05) is 82.0 Å². The Kier molecular flexibility index (Phi) is 7.67. The molecule has 4 rings (SSSR count). The molecule has 0 aliphatic carbocycles. The molecule has 2 amide bonds. The quantitative estimate of drug-likeness (QED) is 0.421. The molecule has 0 spiro atoms. The SMILES string of the molecule is CC[C@H](Oc1ccc2c(c1)[C@H](c1ccc(F)cc1)N(C(=O)C(C)(C)C)CC2)C(=O)Nc1cccc(C)c1. The average Bonchev–Trinajstić information content (AvgIpc) is 2.86. The van der Waals surface area contributed by atoms with E-state index in [1.54, 1.807) is 12.1 Å². The number of halogens is 1. The van der Waals surface area contributed by atoms with Crippen LogP contribution in [0.3, 0.4) is 0 Å². The van der Waals surface area contributed by atoms with Gasteiger partial charge < -0.3 is 15.0 Å². The number of hydrogen-bond acceptors (Lipinski definition) is 3. The minimum Gasteiger partial charge on any atom is -0.481 e. The van der Waals surface area contributed by atoms with Crippen molar-refractivity contribution in [1.29, 1.82) is 0 Å². The Morgan fingerprint density at radius 2 is 1.81 bits per heavy atom. The Hall–Kier alpha value is -3.67. The lowest BCUT2D eigenvalue weighted by atomic mass is 9.85. The molecule has 1 aliphatic heterocycles. The summed E-state index contributed by atoms with van der Waals surface area (Å²) in [6.07, 6.45) is 0.518. The zero-order valence-electron chi connectivity index (χ0n) is 22.2. The van der Waals surface area contributed by atoms with E-state index < -0.39 is 11.5 Å². The van der Waals surface area contributed by atoms with Gasteiger partial charge in [-0.25, -0.2) is 4.39 Å². The Morgan fingerprint density at radius 1 is 1.08 bits per heavy atom. The van der Waals surface area contributed by atoms with Gasteiger partial charge in [0.25, 0.3) is 5.91 Å². The van der Waals surface area contributed by atoms with Crippen LogP contribution in [-0.4, -0.2) is 29.4 Å². The van der Waals surface area contributed by atoms with Crippen molar-refractivity contribution in [3.63, 3.8) is 0 Å². The van der Waals surface area contributed by atoms with Gasteiger partial charge in [-0.1, -0.05) is 58.0 Å². The van der Waals surface area contributed by atoms with Gasteiger partial charge in [0.1, 0.15) is 11.6 Å². The van der Waals surface area contributed by atoms with Crippen molar-refractivity contribution < 1.29 is 18.7 Å². The summed E-state index contributed by atoms with van der Waals surface area (Å²) in [5.41, 5.74) is 4.10. The third kappa shape index (κ3) is 6.01. The highest BCUT2D eigenvalue weighted by Gasteiger charge is 2.37. The fourth-order valence-electron chi connectivity index (χ4n) is 4.75. The van der Waals surface area contributed by atoms with Crippen molar-refractivity contribution >= 4 is 17.5 Å². The van der Waals surface area contributed by atoms with Crippen molar-refractivity contribution in [3.05, 3.63) is 94.8 Å². The third-order valence-corrected chi connectivity index (χ3v) is 6.66. The van der Waals surface area contributed by atoms with Gasteiger partial charge in [0.2, 0.25) is 5.91 Å². The molecule has 1 N–H and O–H groups in total. The van der Waals surface area contributed by atoms with Crippen LogP contribution in [0.25, 0.3) is 0 Å². The summed E-state index contributed by atoms with van der Waals surface area (Å²) in [6, 6.07) is 19.4. The maximum Gasteiger partial charge on any atom is 0.265 e. The molecule has 0 unspecified atom stereocenters. The maximum absolute atomic E-state index is 13.8. The number of nitrogens with zero attached hydrogens (tertiary/aromatic N) is 1. The standard InChI is InChI=1S/C31H35FN2O3/c1-6-27(29(35)33-24-9-7-8-20(2)18-24)37-25-15-12-21-16-17-34(30(36)31(3,4)5)28(26(21)19-25)22-10-13-23(32)14-11-22/h7-15,18-19,27-28H,6,16-17H2,1-5H3,(H,33,35)/t27-,28-/m0/s1. The summed E-state index contributed by atoms with van der Waals surface area (Å²) in [6.45, 7) is 10.2. The van der Waals surface area contributed by atoms with Crippen LogP contribution in [0.4, 0.5) is 10.1 Å². The monoisotopic (exact) mass is 502 g/mol. The van der Waals surface area contributed by atoms with Crippen molar-refractivity contribution in [2.75, 3.05) is 11.9 Å². The van der Waals surface area contributed by atoms with E-state index in [4.69, 9.17) is 4.74 Å². The van der Waals surface area contributed by atoms with E-state index in [0.29, 0.717) is 25.1 Å². The molecule has 2 atom stereocenters. The molecule has 0 saturated carbocycles. The summed E-state index contributed by atoms with van der Waals surface area (Å²) in [4.78, 5) is 28.3. The first-order valence-electron chi connectivity index (χ1n) is 12.8. The van der Waals surface area contributed by atoms with Crippen molar-refractivity contribution in [2.24, 2.45) is 5.41 Å². The maximum atomic E-state index is 13.8. The first-order chi connectivity index (χ1) is 17.6. The van der Waals surface area contributed by atoms with E-state index in [0.717, 1.165) is 27.9 Å². The summed E-state index contributed by atoms with van der Waals surface area (Å²) in [7, 11) is 0. The Morgan fingerprint density at radius 3 is 2.46 bits per heavy atom. The van der Waals surface area contributed by atoms with Crippen LogP contribution >= 0.6 is 0 Å². The number of carbonyl (C=O) groups excluding carboxylic acids is 2. The molecule has 1 heterocycles. The first-order valence-corrected chi connectivity index (χ1v) is 12.8. The predicted molar refractivity (Wildman–Crippen MR) is 144 cm³/mol. The van der Waals surface area contributed by atoms with Crippen LogP contribution in [0.15, 0.2) is 66.7 Å². The highest BCUT2D eigenvalue weighted by molar-refractivity contribution is 5.94. The van der Waals surface area contributed by atoms with Crippen molar-refractivity contribution in [1.82, 2.24) is 4.90 Å². The number of carbonyl (C=O) groups is 2. The highest BCUT2D eigenvalue weighted by atomic mass is 19.1. The largest absolute Gasteiger partial charge is 0.481 e. The molecule has 194 valence electrons. The summed E-state index contributed by atoms with van der Waals surface area (Å²) < 4.78 is 19.9. The Labute approximate surface area is 218 Å². The molecular weight excluding hydrogens is 467 g/mol. The summed E-state index contributed by atoms with van der Waals surface area (Å²) in [5, 5.41) is 2.94. The number of hydrogen-bond donors (Lipinski definition) is 1. The van der Waals surface area contributed by atoms with Gasteiger partial charge in [0.15, 0.2) is 6.10 Å². The molecule has 0 saturated heterocycles. The van der Waals surface area contributed by atoms with E-state index in [9.17, 15) is 14.0 Å². The lowest BCUT2D eigenvalue weighted by molar-refractivity contribution is -0.141. The highest BCUT2D eigenvalue weighted by Crippen LogP contribution is 2.39. The lowest BCUT2D eigenvalue weighted by Gasteiger charge is -2.41. The van der Waals surface area contributed by atoms with E-state index in [1.165, 1.54) is 12.1 Å². The van der Waals surface area contributed by atoms with Gasteiger partial charge in [-0.15, -0.1) is 0 Å². The molecule has 0 aromatic heterocycles. The molecule has 0 bridgehead atoms. The molecule has 37 heavy (non-hydrogen) atoms. The van der Waals surface area contributed by atoms with Crippen LogP contribution in [0.2, 0.25) is 0 Å². The van der Waals surface area contributed by atoms with E-state index in [-0.39, 0.29) is 23.7 Å². The average molecular weight is 503 g/mol. The Balaban J connectivity index is 1.65. The van der Waals surface area contributed by atoms with Gasteiger partial charge in [-0.2, -0.15) is 0 Å². The molecule has 5 nitrogen and oxygen atoms in total. The second-order valence-electron chi connectivity index (χ2n) is 10.7. The topological polar surface area (TPSA) is 58.6 Å². The number of nitrogens with one attached hydrogen (secondary N) is 1. The van der Waals surface area contributed by atoms with E-state index >= 15 is 0 Å². The molecule has 3 aromatic rings. The second kappa shape index (κ2) is 10.8. The number of benzene rings is 3. The zero-order valence-corrected chi connectivity index (χ0v) is 22.2. The first kappa shape index (κ1) is 26.4. The predicted octanol–water partition coefficient (Wildman–Crippen LogP) is 6.45. The molecule has 6 heteroatoms. The van der Waals surface area contributed by atoms with E-state index in [2.05, 4.69) is 5.32 Å². The molecule has 3 aromatic carbocycles. The fourth-order valence-corrected chi connectivity index (χ4v) is 4.75. The molecule has 1 aliphatic rings. The number of anilines is 1. The zero-order chi connectivity index (χ0) is 26.7. The van der Waals surface area contributed by atoms with Gasteiger partial charge in [0.05, 0.1) is 6.04 Å². The summed E-state index contributed by atoms with van der Waals surface area (Å²) in [5.74, 6) is 0.0475. The second-order valence-corrected chi connectivity index (χ2v) is 10.7. The van der Waals surface area contributed by atoms with Crippen LogP contribution in [0.5, 0.6) is 5.75 Å². The minimum absolute atomic E-state index is 0.0303. The third-order valence-electron chi connectivity index (χ3n) is 6.66. The van der Waals surface area contributed by atoms with Gasteiger partial charge in [0, 0.05) is 17.6 Å². The number of amides is 2. The van der Waals surface area contributed by atoms with Crippen LogP contribution < -0.4 is 10.1 Å². The number of fused-ring (bicyclic) bond motifs is 1. The van der Waals surface area contributed by atoms with Gasteiger partial charge in [-0.3, -0.25) is 9.59 Å². The van der Waals surface area contributed by atoms with Crippen LogP contribution in [-0.2, 0) is 16.0 Å². The molecule has 0 fully saturated rings. The van der Waals surface area contributed by atoms with Crippen LogP contribution in [0.1, 0.15) is 62.4 Å². The Bertz CT molecular complexity index is 1280. The smallest absolute Gasteiger partial charge is 0.265 e. The summed E-state index contributed by atoms with van der Waals surface area (Å²) >= 11 is 0. The van der Waals surface area contributed by atoms with Crippen molar-refractivity contribution in [3.8, 4) is 5.75 Å². The minimum atomic E-state index is -0.682. The van der Waals surface area contributed by atoms with Gasteiger partial charge >= 0.3 is 0 Å². The van der Waals surface area contributed by atoms with Crippen molar-refractivity contribution in [2.45, 2.75) is 59.6 Å². The number of ether oxygens (including phenoxy) is 1. The fraction of sp³-hybridized carbons (Fsp3) is 0.355. The molecule has 0 radical (unpaired) electrons. The molecular formula is C31H35FN2O3. The number of rotatable bonds is 6. The number of aryl methyl sites for hydroxylation is 1. The van der Waals surface area contributed by atoms with Gasteiger partial charge in [-0.05, 0) is 78.4 Å². The van der Waals surface area contributed by atoms with Crippen LogP contribution in [0, 0.1) is 18.2 Å². The lowest BCUT2D eigenvalue weighted by Crippen LogP contribution is -2.45.